The van der Waals surface area contributed by atoms with Crippen molar-refractivity contribution in [2.45, 2.75) is 57.4 Å². The number of imide groups is 1. The highest BCUT2D eigenvalue weighted by atomic mass is 35.5. The van der Waals surface area contributed by atoms with Crippen LogP contribution in [0, 0.1) is 17.9 Å². The van der Waals surface area contributed by atoms with Crippen molar-refractivity contribution in [2.24, 2.45) is 11.3 Å². The van der Waals surface area contributed by atoms with E-state index in [-0.39, 0.29) is 42.2 Å². The van der Waals surface area contributed by atoms with Crippen LogP contribution in [-0.2, 0) is 9.59 Å². The van der Waals surface area contributed by atoms with Crippen molar-refractivity contribution in [1.82, 2.24) is 14.7 Å². The van der Waals surface area contributed by atoms with Gasteiger partial charge in [-0.15, -0.1) is 0 Å². The van der Waals surface area contributed by atoms with Gasteiger partial charge in [0.1, 0.15) is 5.78 Å². The molecule has 5 aliphatic heterocycles. The van der Waals surface area contributed by atoms with Crippen LogP contribution in [0.3, 0.4) is 0 Å². The second-order valence-corrected chi connectivity index (χ2v) is 17.8. The molecular weight excluding hydrogens is 766 g/mol. The Morgan fingerprint density at radius 1 is 0.763 bits per heavy atom. The summed E-state index contributed by atoms with van der Waals surface area (Å²) in [6.45, 7) is 17.1. The maximum atomic E-state index is 13.7. The van der Waals surface area contributed by atoms with Gasteiger partial charge in [-0.3, -0.25) is 33.8 Å². The first-order chi connectivity index (χ1) is 28.6. The van der Waals surface area contributed by atoms with Gasteiger partial charge in [0.2, 0.25) is 5.69 Å². The molecule has 12 nitrogen and oxygen atoms in total. The van der Waals surface area contributed by atoms with E-state index in [0.717, 1.165) is 132 Å². The molecule has 59 heavy (non-hydrogen) atoms. The summed E-state index contributed by atoms with van der Waals surface area (Å²) < 4.78 is 0. The van der Waals surface area contributed by atoms with Crippen molar-refractivity contribution in [3.05, 3.63) is 93.8 Å². The fraction of sp³-hybridized carbons (Fsp3) is 0.478. The van der Waals surface area contributed by atoms with E-state index in [0.29, 0.717) is 27.8 Å². The zero-order chi connectivity index (χ0) is 40.8. The Morgan fingerprint density at radius 3 is 2.15 bits per heavy atom. The van der Waals surface area contributed by atoms with E-state index in [4.69, 9.17) is 18.2 Å². The number of anilines is 3. The van der Waals surface area contributed by atoms with Crippen molar-refractivity contribution in [1.29, 1.82) is 0 Å². The van der Waals surface area contributed by atoms with Gasteiger partial charge in [0.15, 0.2) is 5.78 Å². The van der Waals surface area contributed by atoms with Crippen molar-refractivity contribution < 1.29 is 24.0 Å². The van der Waals surface area contributed by atoms with E-state index in [1.165, 1.54) is 0 Å². The molecule has 0 radical (unpaired) electrons. The third-order valence-corrected chi connectivity index (χ3v) is 14.3. The average molecular weight is 816 g/mol. The maximum absolute atomic E-state index is 13.7. The standard InChI is InChI=1S/C46H50ClN7O5/c1-48-38-11-9-34(27-37(38)47)50-20-15-46(16-21-50)17-22-53(30-46)43(57)32-5-7-33(8-6-32)51-25-23-49(24-26-51)29-31-13-18-52(19-14-31)40-4-2-3-36-42(40)45(59)54(44(36)58)39-12-10-35(55)28-41(39)56/h2-9,11,27,31,39H,10,12-26,28-30H2. The summed E-state index contributed by atoms with van der Waals surface area (Å²) in [5, 5.41) is 0.494. The number of hydrogen-bond acceptors (Lipinski definition) is 9. The van der Waals surface area contributed by atoms with Crippen LogP contribution in [0.25, 0.3) is 4.85 Å². The van der Waals surface area contributed by atoms with Gasteiger partial charge in [0.05, 0.1) is 35.8 Å². The van der Waals surface area contributed by atoms with Crippen LogP contribution in [0.4, 0.5) is 22.7 Å². The Morgan fingerprint density at radius 2 is 1.46 bits per heavy atom. The van der Waals surface area contributed by atoms with Crippen LogP contribution in [0.2, 0.25) is 5.02 Å². The Hall–Kier alpha value is -5.25. The van der Waals surface area contributed by atoms with E-state index < -0.39 is 17.9 Å². The van der Waals surface area contributed by atoms with E-state index in [2.05, 4.69) is 36.6 Å². The molecule has 0 aromatic heterocycles. The highest BCUT2D eigenvalue weighted by molar-refractivity contribution is 6.33. The lowest BCUT2D eigenvalue weighted by molar-refractivity contribution is -0.132. The number of ketones is 2. The van der Waals surface area contributed by atoms with Crippen LogP contribution in [0.15, 0.2) is 60.7 Å². The molecule has 3 amide bonds. The number of carbonyl (C=O) groups is 5. The number of nitrogens with zero attached hydrogens (tertiary/aromatic N) is 7. The molecule has 9 rings (SSSR count). The Kier molecular flexibility index (Phi) is 10.7. The summed E-state index contributed by atoms with van der Waals surface area (Å²) in [6, 6.07) is 18.4. The zero-order valence-corrected chi connectivity index (χ0v) is 34.2. The van der Waals surface area contributed by atoms with E-state index >= 15 is 0 Å². The first kappa shape index (κ1) is 39.2. The van der Waals surface area contributed by atoms with Crippen LogP contribution >= 0.6 is 11.6 Å². The number of Topliss-reactive ketones (excluding diaryl/α,β-unsaturated/α-hetero) is 2. The second-order valence-electron chi connectivity index (χ2n) is 17.4. The summed E-state index contributed by atoms with van der Waals surface area (Å²) in [5.74, 6) is -0.694. The van der Waals surface area contributed by atoms with Gasteiger partial charge >= 0.3 is 0 Å². The molecule has 1 unspecified atom stereocenters. The lowest BCUT2D eigenvalue weighted by Gasteiger charge is -2.40. The third kappa shape index (κ3) is 7.59. The predicted octanol–water partition coefficient (Wildman–Crippen LogP) is 6.35. The SMILES string of the molecule is [C-]#[N+]c1ccc(N2CCC3(CCN(C(=O)c4ccc(N5CCN(CC6CCN(c7cccc8c7C(=O)N(C7CCC(=O)CC7=O)C8=O)CC6)CC5)cc4)C3)CC2)cc1Cl. The molecule has 5 fully saturated rings. The summed E-state index contributed by atoms with van der Waals surface area (Å²) >= 11 is 6.32. The predicted molar refractivity (Wildman–Crippen MR) is 227 cm³/mol. The number of benzene rings is 3. The van der Waals surface area contributed by atoms with Crippen LogP contribution < -0.4 is 14.7 Å². The molecule has 0 bridgehead atoms. The number of rotatable bonds is 7. The highest BCUT2D eigenvalue weighted by Crippen LogP contribution is 2.43. The molecule has 1 spiro atoms. The quantitative estimate of drug-likeness (QED) is 0.153. The maximum Gasteiger partial charge on any atom is 0.264 e. The van der Waals surface area contributed by atoms with E-state index in [1.807, 2.05) is 41.3 Å². The third-order valence-electron chi connectivity index (χ3n) is 14.0. The van der Waals surface area contributed by atoms with E-state index in [1.54, 1.807) is 12.1 Å². The van der Waals surface area contributed by atoms with Gasteiger partial charge in [-0.05, 0) is 98.4 Å². The molecule has 1 saturated carbocycles. The molecule has 6 aliphatic rings. The molecule has 0 N–H and O–H groups in total. The molecule has 5 heterocycles. The molecular formula is C46H50ClN7O5. The van der Waals surface area contributed by atoms with Crippen LogP contribution in [0.5, 0.6) is 0 Å². The minimum absolute atomic E-state index is 0.113. The fourth-order valence-corrected chi connectivity index (χ4v) is 10.6. The molecule has 13 heteroatoms. The number of hydrogen-bond donors (Lipinski definition) is 0. The van der Waals surface area contributed by atoms with Gasteiger partial charge in [-0.1, -0.05) is 23.7 Å². The highest BCUT2D eigenvalue weighted by Gasteiger charge is 2.46. The number of halogens is 1. The zero-order valence-electron chi connectivity index (χ0n) is 33.4. The smallest absolute Gasteiger partial charge is 0.264 e. The first-order valence-corrected chi connectivity index (χ1v) is 21.6. The van der Waals surface area contributed by atoms with Gasteiger partial charge in [0.25, 0.3) is 17.7 Å². The summed E-state index contributed by atoms with van der Waals surface area (Å²) in [7, 11) is 0. The Labute approximate surface area is 350 Å². The van der Waals surface area contributed by atoms with Crippen molar-refractivity contribution in [3.8, 4) is 0 Å². The first-order valence-electron chi connectivity index (χ1n) is 21.2. The van der Waals surface area contributed by atoms with Gasteiger partial charge < -0.3 is 19.6 Å². The fourth-order valence-electron chi connectivity index (χ4n) is 10.4. The van der Waals surface area contributed by atoms with Gasteiger partial charge in [-0.2, -0.15) is 0 Å². The minimum atomic E-state index is -0.864. The molecule has 1 aliphatic carbocycles. The minimum Gasteiger partial charge on any atom is -0.372 e. The summed E-state index contributed by atoms with van der Waals surface area (Å²) in [6.07, 6.45) is 5.24. The summed E-state index contributed by atoms with van der Waals surface area (Å²) in [4.78, 5) is 81.3. The molecule has 3 aromatic carbocycles. The molecule has 3 aromatic rings. The molecule has 306 valence electrons. The second kappa shape index (κ2) is 16.1. The van der Waals surface area contributed by atoms with Crippen molar-refractivity contribution in [2.75, 3.05) is 86.7 Å². The Bertz CT molecular complexity index is 2210. The monoisotopic (exact) mass is 815 g/mol. The lowest BCUT2D eigenvalue weighted by Crippen LogP contribution is -2.49. The number of carbonyl (C=O) groups excluding carboxylic acids is 5. The molecule has 1 atom stereocenters. The van der Waals surface area contributed by atoms with E-state index in [9.17, 15) is 24.0 Å². The van der Waals surface area contributed by atoms with Crippen molar-refractivity contribution >= 4 is 63.6 Å². The summed E-state index contributed by atoms with van der Waals surface area (Å²) in [5.41, 5.74) is 5.07. The number of likely N-dealkylation sites (tertiary alicyclic amines) is 1. The number of piperidine rings is 2. The lowest BCUT2D eigenvalue weighted by atomic mass is 9.77. The van der Waals surface area contributed by atoms with Crippen LogP contribution in [0.1, 0.15) is 82.4 Å². The molecule has 4 saturated heterocycles. The topological polar surface area (TPSA) is 109 Å². The van der Waals surface area contributed by atoms with Gasteiger partial charge in [0, 0.05) is 100 Å². The number of fused-ring (bicyclic) bond motifs is 1. The largest absolute Gasteiger partial charge is 0.372 e. The average Bonchev–Trinajstić information content (AvgIpc) is 3.78. The Balaban J connectivity index is 0.728. The van der Waals surface area contributed by atoms with Crippen LogP contribution in [-0.4, -0.2) is 122 Å². The normalized spacial score (nSPS) is 22.7. The number of piperazine rings is 1. The number of amides is 3. The van der Waals surface area contributed by atoms with Gasteiger partial charge in [-0.25, -0.2) is 4.85 Å². The van der Waals surface area contributed by atoms with Crippen molar-refractivity contribution in [3.63, 3.8) is 0 Å².